The van der Waals surface area contributed by atoms with E-state index in [0.717, 1.165) is 5.69 Å². The van der Waals surface area contributed by atoms with Crippen molar-refractivity contribution in [2.75, 3.05) is 5.32 Å². The Morgan fingerprint density at radius 1 is 1.50 bits per heavy atom. The summed E-state index contributed by atoms with van der Waals surface area (Å²) in [7, 11) is 0. The maximum absolute atomic E-state index is 11.2. The van der Waals surface area contributed by atoms with Crippen molar-refractivity contribution < 1.29 is 0 Å². The molecule has 7 heteroatoms. The molecule has 2 heterocycles. The number of H-pyrrole nitrogens is 1. The number of halogens is 1. The highest BCUT2D eigenvalue weighted by atomic mass is 79.9. The van der Waals surface area contributed by atoms with Crippen molar-refractivity contribution in [2.24, 2.45) is 0 Å². The zero-order valence-corrected chi connectivity index (χ0v) is 9.73. The topological polar surface area (TPSA) is 83.6 Å². The summed E-state index contributed by atoms with van der Waals surface area (Å²) in [5.74, 6) is 0. The number of nitrogens with zero attached hydrogens (tertiary/aromatic N) is 3. The van der Waals surface area contributed by atoms with Gasteiger partial charge in [-0.2, -0.15) is 5.10 Å². The van der Waals surface area contributed by atoms with Gasteiger partial charge in [-0.15, -0.1) is 0 Å². The Kier molecular flexibility index (Phi) is 3.25. The minimum absolute atomic E-state index is 0.271. The second-order valence-electron chi connectivity index (χ2n) is 2.98. The second kappa shape index (κ2) is 4.84. The molecule has 0 aliphatic heterocycles. The van der Waals surface area contributed by atoms with Crippen molar-refractivity contribution in [1.82, 2.24) is 20.2 Å². The monoisotopic (exact) mass is 281 g/mol. The van der Waals surface area contributed by atoms with E-state index in [1.165, 1.54) is 12.5 Å². The molecule has 0 aliphatic rings. The minimum atomic E-state index is -0.271. The fraction of sp³-hybridized carbons (Fsp3) is 0.111. The lowest BCUT2D eigenvalue weighted by molar-refractivity contribution is 0.958. The molecule has 0 fully saturated rings. The van der Waals surface area contributed by atoms with Gasteiger partial charge in [-0.05, 0) is 22.0 Å². The van der Waals surface area contributed by atoms with Crippen LogP contribution in [0.4, 0.5) is 5.69 Å². The quantitative estimate of drug-likeness (QED) is 0.875. The molecule has 2 aromatic rings. The van der Waals surface area contributed by atoms with Gasteiger partial charge in [-0.25, -0.2) is 15.1 Å². The summed E-state index contributed by atoms with van der Waals surface area (Å²) in [4.78, 5) is 19.1. The lowest BCUT2D eigenvalue weighted by Gasteiger charge is -2.05. The fourth-order valence-corrected chi connectivity index (χ4v) is 1.45. The van der Waals surface area contributed by atoms with Crippen LogP contribution >= 0.6 is 15.9 Å². The first-order chi connectivity index (χ1) is 7.77. The van der Waals surface area contributed by atoms with Crippen LogP contribution in [0.3, 0.4) is 0 Å². The number of rotatable bonds is 3. The summed E-state index contributed by atoms with van der Waals surface area (Å²) in [5, 5.41) is 9.07. The predicted molar refractivity (Wildman–Crippen MR) is 61.9 cm³/mol. The van der Waals surface area contributed by atoms with Gasteiger partial charge in [0.25, 0.3) is 5.56 Å². The Morgan fingerprint density at radius 2 is 2.38 bits per heavy atom. The van der Waals surface area contributed by atoms with Crippen LogP contribution in [0.1, 0.15) is 5.69 Å². The van der Waals surface area contributed by atoms with Gasteiger partial charge >= 0.3 is 0 Å². The van der Waals surface area contributed by atoms with Crippen LogP contribution in [0.15, 0.2) is 34.1 Å². The average Bonchev–Trinajstić information content (AvgIpc) is 2.32. The van der Waals surface area contributed by atoms with Crippen molar-refractivity contribution in [3.8, 4) is 0 Å². The summed E-state index contributed by atoms with van der Waals surface area (Å²) < 4.78 is 0.427. The summed E-state index contributed by atoms with van der Waals surface area (Å²) in [6.07, 6.45) is 4.67. The minimum Gasteiger partial charge on any atom is -0.377 e. The number of anilines is 1. The largest absolute Gasteiger partial charge is 0.377 e. The molecule has 2 N–H and O–H groups in total. The third-order valence-electron chi connectivity index (χ3n) is 1.90. The van der Waals surface area contributed by atoms with E-state index in [1.807, 2.05) is 0 Å². The Bertz CT molecular complexity index is 527. The van der Waals surface area contributed by atoms with E-state index in [0.29, 0.717) is 16.7 Å². The van der Waals surface area contributed by atoms with Gasteiger partial charge in [0, 0.05) is 6.20 Å². The molecule has 16 heavy (non-hydrogen) atoms. The maximum atomic E-state index is 11.2. The molecule has 0 radical (unpaired) electrons. The Balaban J connectivity index is 2.11. The molecule has 2 aromatic heterocycles. The van der Waals surface area contributed by atoms with Crippen molar-refractivity contribution in [2.45, 2.75) is 6.54 Å². The van der Waals surface area contributed by atoms with Gasteiger partial charge in [0.1, 0.15) is 10.8 Å². The first-order valence-corrected chi connectivity index (χ1v) is 5.28. The van der Waals surface area contributed by atoms with Crippen LogP contribution in [-0.4, -0.2) is 20.2 Å². The van der Waals surface area contributed by atoms with Crippen LogP contribution in [0.25, 0.3) is 0 Å². The fourth-order valence-electron chi connectivity index (χ4n) is 1.12. The molecule has 0 aromatic carbocycles. The average molecular weight is 282 g/mol. The molecule has 6 nitrogen and oxygen atoms in total. The summed E-state index contributed by atoms with van der Waals surface area (Å²) in [6, 6.07) is 1.79. The van der Waals surface area contributed by atoms with E-state index in [1.54, 1.807) is 12.3 Å². The Hall–Kier alpha value is -1.76. The molecule has 0 spiro atoms. The van der Waals surface area contributed by atoms with Crippen molar-refractivity contribution in [3.05, 3.63) is 45.3 Å². The highest BCUT2D eigenvalue weighted by molar-refractivity contribution is 9.10. The summed E-state index contributed by atoms with van der Waals surface area (Å²) >= 11 is 3.17. The molecule has 0 aliphatic carbocycles. The van der Waals surface area contributed by atoms with E-state index in [-0.39, 0.29) is 5.56 Å². The zero-order chi connectivity index (χ0) is 11.4. The molecule has 0 atom stereocenters. The lowest BCUT2D eigenvalue weighted by Crippen LogP contribution is -2.12. The maximum Gasteiger partial charge on any atom is 0.280 e. The van der Waals surface area contributed by atoms with E-state index in [9.17, 15) is 4.79 Å². The lowest BCUT2D eigenvalue weighted by atomic mass is 10.4. The van der Waals surface area contributed by atoms with Gasteiger partial charge in [0.2, 0.25) is 0 Å². The van der Waals surface area contributed by atoms with Crippen molar-refractivity contribution >= 4 is 21.6 Å². The molecule has 0 saturated carbocycles. The van der Waals surface area contributed by atoms with E-state index in [2.05, 4.69) is 41.4 Å². The van der Waals surface area contributed by atoms with Crippen LogP contribution in [0.2, 0.25) is 0 Å². The number of hydrogen-bond donors (Lipinski definition) is 2. The number of aromatic nitrogens is 4. The zero-order valence-electron chi connectivity index (χ0n) is 8.14. The number of hydrogen-bond acceptors (Lipinski definition) is 5. The number of aromatic amines is 1. The van der Waals surface area contributed by atoms with E-state index >= 15 is 0 Å². The molecule has 0 unspecified atom stereocenters. The first kappa shape index (κ1) is 10.7. The van der Waals surface area contributed by atoms with Crippen LogP contribution in [-0.2, 0) is 6.54 Å². The Morgan fingerprint density at radius 3 is 3.12 bits per heavy atom. The highest BCUT2D eigenvalue weighted by Crippen LogP contribution is 2.15. The predicted octanol–water partition coefficient (Wildman–Crippen LogP) is 0.934. The SMILES string of the molecule is O=c1[nH]ncc(NCc2ccncn2)c1Br. The normalized spacial score (nSPS) is 10.1. The van der Waals surface area contributed by atoms with Gasteiger partial charge in [0.15, 0.2) is 0 Å². The standard InChI is InChI=1S/C9H8BrN5O/c10-8-7(4-14-15-9(8)16)12-3-6-1-2-11-5-13-6/h1-2,4-5H,3H2,(H2,12,15,16). The molecular formula is C9H8BrN5O. The van der Waals surface area contributed by atoms with Gasteiger partial charge in [0.05, 0.1) is 24.1 Å². The smallest absolute Gasteiger partial charge is 0.280 e. The molecule has 0 amide bonds. The molecular weight excluding hydrogens is 274 g/mol. The van der Waals surface area contributed by atoms with E-state index < -0.39 is 0 Å². The molecule has 0 saturated heterocycles. The second-order valence-corrected chi connectivity index (χ2v) is 3.77. The van der Waals surface area contributed by atoms with Gasteiger partial charge in [-0.3, -0.25) is 4.79 Å². The van der Waals surface area contributed by atoms with Crippen LogP contribution in [0.5, 0.6) is 0 Å². The number of nitrogens with one attached hydrogen (secondary N) is 2. The van der Waals surface area contributed by atoms with Crippen molar-refractivity contribution in [1.29, 1.82) is 0 Å². The molecule has 2 rings (SSSR count). The van der Waals surface area contributed by atoms with E-state index in [4.69, 9.17) is 0 Å². The third kappa shape index (κ3) is 2.43. The van der Waals surface area contributed by atoms with Gasteiger partial charge in [-0.1, -0.05) is 0 Å². The Labute approximate surface area is 99.3 Å². The van der Waals surface area contributed by atoms with Crippen LogP contribution < -0.4 is 10.9 Å². The molecule has 82 valence electrons. The summed E-state index contributed by atoms with van der Waals surface area (Å²) in [6.45, 7) is 0.506. The van der Waals surface area contributed by atoms with Crippen LogP contribution in [0, 0.1) is 0 Å². The summed E-state index contributed by atoms with van der Waals surface area (Å²) in [5.41, 5.74) is 1.19. The highest BCUT2D eigenvalue weighted by Gasteiger charge is 2.03. The molecule has 0 bridgehead atoms. The third-order valence-corrected chi connectivity index (χ3v) is 2.69. The van der Waals surface area contributed by atoms with Crippen molar-refractivity contribution in [3.63, 3.8) is 0 Å². The van der Waals surface area contributed by atoms with Gasteiger partial charge < -0.3 is 5.32 Å². The first-order valence-electron chi connectivity index (χ1n) is 4.49.